The Morgan fingerprint density at radius 2 is 1.79 bits per heavy atom. The van der Waals surface area contributed by atoms with Crippen molar-refractivity contribution in [2.75, 3.05) is 68.3 Å². The van der Waals surface area contributed by atoms with E-state index in [0.717, 1.165) is 44.6 Å². The van der Waals surface area contributed by atoms with Crippen molar-refractivity contribution in [1.82, 2.24) is 15.0 Å². The molecule has 2 aromatic rings. The molecule has 2 N–H and O–H groups in total. The van der Waals surface area contributed by atoms with Crippen molar-refractivity contribution in [3.8, 4) is 11.5 Å². The summed E-state index contributed by atoms with van der Waals surface area (Å²) in [4.78, 5) is 28.9. The summed E-state index contributed by atoms with van der Waals surface area (Å²) in [5.41, 5.74) is 3.64. The number of nitrogens with zero attached hydrogens (tertiary/aromatic N) is 6. The van der Waals surface area contributed by atoms with Crippen LogP contribution in [0.3, 0.4) is 0 Å². The number of hydrogen-bond donors (Lipinski definition) is 2. The molecule has 0 amide bonds. The summed E-state index contributed by atoms with van der Waals surface area (Å²) in [7, 11) is 1.49. The third kappa shape index (κ3) is 6.22. The van der Waals surface area contributed by atoms with Crippen LogP contribution in [-0.4, -0.2) is 85.4 Å². The van der Waals surface area contributed by atoms with Gasteiger partial charge in [-0.3, -0.25) is 0 Å². The monoisotopic (exact) mass is 471 g/mol. The topological polar surface area (TPSA) is 135 Å². The molecule has 12 heteroatoms. The molecule has 2 saturated heterocycles. The molecule has 2 aliphatic heterocycles. The number of carboxylic acid groups (broad SMARTS) is 1. The van der Waals surface area contributed by atoms with Crippen LogP contribution in [0.25, 0.3) is 0 Å². The number of aliphatic carboxylic acids is 1. The first kappa shape index (κ1) is 23.5. The van der Waals surface area contributed by atoms with E-state index in [1.165, 1.54) is 13.5 Å². The van der Waals surface area contributed by atoms with Gasteiger partial charge in [-0.25, -0.2) is 10.2 Å². The first-order valence-corrected chi connectivity index (χ1v) is 11.3. The molecule has 0 atom stereocenters. The summed E-state index contributed by atoms with van der Waals surface area (Å²) in [6.45, 7) is 4.12. The third-order valence-electron chi connectivity index (χ3n) is 5.46. The van der Waals surface area contributed by atoms with E-state index in [4.69, 9.17) is 24.3 Å². The van der Waals surface area contributed by atoms with E-state index in [1.54, 1.807) is 24.4 Å². The highest BCUT2D eigenvalue weighted by Gasteiger charge is 2.20. The fourth-order valence-electron chi connectivity index (χ4n) is 3.73. The van der Waals surface area contributed by atoms with E-state index < -0.39 is 12.6 Å². The van der Waals surface area contributed by atoms with Gasteiger partial charge < -0.3 is 29.1 Å². The molecule has 34 heavy (non-hydrogen) atoms. The second-order valence-electron chi connectivity index (χ2n) is 7.87. The number of anilines is 3. The van der Waals surface area contributed by atoms with Crippen molar-refractivity contribution in [2.45, 2.75) is 19.3 Å². The highest BCUT2D eigenvalue weighted by atomic mass is 16.5. The summed E-state index contributed by atoms with van der Waals surface area (Å²) in [6.07, 6.45) is 5.06. The van der Waals surface area contributed by atoms with Crippen molar-refractivity contribution in [3.05, 3.63) is 23.8 Å². The van der Waals surface area contributed by atoms with Crippen molar-refractivity contribution < 1.29 is 24.1 Å². The van der Waals surface area contributed by atoms with Gasteiger partial charge in [0.25, 0.3) is 0 Å². The number of ether oxygens (including phenoxy) is 3. The second kappa shape index (κ2) is 11.5. The molecule has 4 rings (SSSR count). The summed E-state index contributed by atoms with van der Waals surface area (Å²) < 4.78 is 16.0. The van der Waals surface area contributed by atoms with Crippen LogP contribution in [0.2, 0.25) is 0 Å². The summed E-state index contributed by atoms with van der Waals surface area (Å²) >= 11 is 0. The van der Waals surface area contributed by atoms with Crippen LogP contribution in [-0.2, 0) is 9.53 Å². The lowest BCUT2D eigenvalue weighted by Crippen LogP contribution is -2.38. The van der Waals surface area contributed by atoms with Gasteiger partial charge in [-0.1, -0.05) is 0 Å². The van der Waals surface area contributed by atoms with Gasteiger partial charge >= 0.3 is 5.97 Å². The van der Waals surface area contributed by atoms with Crippen LogP contribution in [0.4, 0.5) is 17.8 Å². The number of aromatic nitrogens is 3. The van der Waals surface area contributed by atoms with Crippen LogP contribution < -0.4 is 24.7 Å². The first-order valence-electron chi connectivity index (χ1n) is 11.3. The summed E-state index contributed by atoms with van der Waals surface area (Å²) in [5.74, 6) is 1.31. The Hall–Kier alpha value is -3.67. The largest absolute Gasteiger partial charge is 0.493 e. The molecule has 3 heterocycles. The molecule has 0 bridgehead atoms. The number of rotatable bonds is 9. The quantitative estimate of drug-likeness (QED) is 0.408. The molecule has 2 fully saturated rings. The van der Waals surface area contributed by atoms with Gasteiger partial charge in [0.05, 0.1) is 26.5 Å². The van der Waals surface area contributed by atoms with Crippen LogP contribution in [0.1, 0.15) is 24.8 Å². The lowest BCUT2D eigenvalue weighted by atomic mass is 10.1. The predicted octanol–water partition coefficient (Wildman–Crippen LogP) is 1.62. The number of carbonyl (C=O) groups is 1. The number of carboxylic acids is 1. The maximum Gasteiger partial charge on any atom is 0.341 e. The molecule has 0 saturated carbocycles. The van der Waals surface area contributed by atoms with Crippen molar-refractivity contribution in [3.63, 3.8) is 0 Å². The Balaban J connectivity index is 1.50. The Kier molecular flexibility index (Phi) is 7.91. The molecule has 1 aromatic carbocycles. The Bertz CT molecular complexity index is 971. The van der Waals surface area contributed by atoms with Crippen LogP contribution >= 0.6 is 0 Å². The van der Waals surface area contributed by atoms with Crippen molar-refractivity contribution in [1.29, 1.82) is 0 Å². The number of morpholine rings is 1. The van der Waals surface area contributed by atoms with Crippen molar-refractivity contribution >= 4 is 30.0 Å². The molecular weight excluding hydrogens is 442 g/mol. The maximum absolute atomic E-state index is 10.7. The fraction of sp³-hybridized carbons (Fsp3) is 0.500. The zero-order valence-electron chi connectivity index (χ0n) is 19.1. The fourth-order valence-corrected chi connectivity index (χ4v) is 3.73. The Morgan fingerprint density at radius 3 is 2.47 bits per heavy atom. The van der Waals surface area contributed by atoms with Crippen LogP contribution in [0.15, 0.2) is 23.3 Å². The van der Waals surface area contributed by atoms with E-state index in [2.05, 4.69) is 30.3 Å². The van der Waals surface area contributed by atoms with Gasteiger partial charge in [0, 0.05) is 26.2 Å². The smallest absolute Gasteiger partial charge is 0.341 e. The second-order valence-corrected chi connectivity index (χ2v) is 7.87. The molecule has 1 aromatic heterocycles. The SMILES string of the molecule is COc1cc(/C=N/Nc2nc(N3CCCCC3)nc(N3CCOCC3)n2)ccc1OCC(=O)O. The maximum atomic E-state index is 10.7. The molecule has 0 aliphatic carbocycles. The minimum atomic E-state index is -1.06. The van der Waals surface area contributed by atoms with Gasteiger partial charge in [-0.15, -0.1) is 0 Å². The number of benzene rings is 1. The molecule has 182 valence electrons. The average molecular weight is 472 g/mol. The van der Waals surface area contributed by atoms with E-state index in [-0.39, 0.29) is 0 Å². The molecule has 0 radical (unpaired) electrons. The number of hydrazone groups is 1. The number of methoxy groups -OCH3 is 1. The van der Waals surface area contributed by atoms with Gasteiger partial charge in [0.1, 0.15) is 0 Å². The van der Waals surface area contributed by atoms with Gasteiger partial charge in [0.15, 0.2) is 18.1 Å². The van der Waals surface area contributed by atoms with E-state index in [1.807, 2.05) is 0 Å². The minimum Gasteiger partial charge on any atom is -0.493 e. The van der Waals surface area contributed by atoms with E-state index >= 15 is 0 Å². The van der Waals surface area contributed by atoms with Gasteiger partial charge in [-0.05, 0) is 43.0 Å². The number of piperidine rings is 1. The number of hydrogen-bond acceptors (Lipinski definition) is 11. The lowest BCUT2D eigenvalue weighted by molar-refractivity contribution is -0.139. The number of nitrogens with one attached hydrogen (secondary N) is 1. The summed E-state index contributed by atoms with van der Waals surface area (Å²) in [5, 5.41) is 13.1. The standard InChI is InChI=1S/C22H29N7O5/c1-32-18-13-16(5-6-17(18)34-15-19(30)31)14-23-27-20-24-21(28-7-3-2-4-8-28)26-22(25-20)29-9-11-33-12-10-29/h5-6,13-14H,2-4,7-12,15H2,1H3,(H,30,31)(H,24,25,26,27)/b23-14+. The van der Waals surface area contributed by atoms with Crippen LogP contribution in [0.5, 0.6) is 11.5 Å². The average Bonchev–Trinajstić information content (AvgIpc) is 2.88. The Morgan fingerprint density at radius 1 is 1.09 bits per heavy atom. The van der Waals surface area contributed by atoms with E-state index in [9.17, 15) is 4.79 Å². The van der Waals surface area contributed by atoms with E-state index in [0.29, 0.717) is 42.6 Å². The zero-order chi connectivity index (χ0) is 23.8. The van der Waals surface area contributed by atoms with Crippen LogP contribution in [0, 0.1) is 0 Å². The van der Waals surface area contributed by atoms with Crippen molar-refractivity contribution in [2.24, 2.45) is 5.10 Å². The third-order valence-corrected chi connectivity index (χ3v) is 5.46. The highest BCUT2D eigenvalue weighted by Crippen LogP contribution is 2.27. The Labute approximate surface area is 197 Å². The normalized spacial score (nSPS) is 16.5. The molecule has 0 spiro atoms. The molecule has 12 nitrogen and oxygen atoms in total. The first-order chi connectivity index (χ1) is 16.6. The van der Waals surface area contributed by atoms with Gasteiger partial charge in [0.2, 0.25) is 17.8 Å². The summed E-state index contributed by atoms with van der Waals surface area (Å²) in [6, 6.07) is 5.09. The highest BCUT2D eigenvalue weighted by molar-refractivity contribution is 5.81. The predicted molar refractivity (Wildman–Crippen MR) is 126 cm³/mol. The molecule has 2 aliphatic rings. The lowest BCUT2D eigenvalue weighted by Gasteiger charge is -2.30. The zero-order valence-corrected chi connectivity index (χ0v) is 19.1. The molecular formula is C22H29N7O5. The minimum absolute atomic E-state index is 0.341. The van der Waals surface area contributed by atoms with Gasteiger partial charge in [-0.2, -0.15) is 20.1 Å². The molecule has 0 unspecified atom stereocenters.